The Morgan fingerprint density at radius 3 is 2.73 bits per heavy atom. The summed E-state index contributed by atoms with van der Waals surface area (Å²) in [6.07, 6.45) is 4.21. The van der Waals surface area contributed by atoms with Gasteiger partial charge in [-0.1, -0.05) is 6.07 Å². The lowest BCUT2D eigenvalue weighted by Crippen LogP contribution is -2.68. The molecule has 4 rings (SSSR count). The number of fused-ring (bicyclic) bond motifs is 1. The molecule has 5 heteroatoms. The van der Waals surface area contributed by atoms with Gasteiger partial charge < -0.3 is 19.1 Å². The van der Waals surface area contributed by atoms with E-state index in [0.29, 0.717) is 24.0 Å². The van der Waals surface area contributed by atoms with Crippen molar-refractivity contribution in [1.29, 1.82) is 0 Å². The highest BCUT2D eigenvalue weighted by Crippen LogP contribution is 2.58. The first-order chi connectivity index (χ1) is 12.4. The molecule has 4 atom stereocenters. The molecule has 0 spiro atoms. The summed E-state index contributed by atoms with van der Waals surface area (Å²) in [7, 11) is 5.46. The minimum atomic E-state index is -0.358. The maximum absolute atomic E-state index is 12.8. The Morgan fingerprint density at radius 2 is 2.08 bits per heavy atom. The van der Waals surface area contributed by atoms with Crippen molar-refractivity contribution in [3.05, 3.63) is 35.1 Å². The highest BCUT2D eigenvalue weighted by Gasteiger charge is 2.61. The number of allylic oxidation sites excluding steroid dienone is 1. The van der Waals surface area contributed by atoms with Crippen LogP contribution in [0.4, 0.5) is 0 Å². The average molecular weight is 358 g/mol. The number of hydrogen-bond acceptors (Lipinski definition) is 4. The van der Waals surface area contributed by atoms with Gasteiger partial charge in [0, 0.05) is 36.2 Å². The highest BCUT2D eigenvalue weighted by molar-refractivity contribution is 5.96. The molecule has 1 unspecified atom stereocenters. The molecule has 1 N–H and O–H groups in total. The number of methoxy groups -OCH3 is 2. The zero-order valence-electron chi connectivity index (χ0n) is 16.0. The number of rotatable bonds is 3. The molecular formula is C21H28NO4+. The second-order valence-electron chi connectivity index (χ2n) is 8.21. The number of likely N-dealkylation sites (N-methyl/N-ethyl adjacent to an activating group) is 1. The lowest BCUT2D eigenvalue weighted by molar-refractivity contribution is -0.942. The molecule has 0 amide bonds. The number of aromatic hydroxyl groups is 1. The summed E-state index contributed by atoms with van der Waals surface area (Å²) in [5, 5.41) is 11.0. The minimum Gasteiger partial charge on any atom is -0.504 e. The smallest absolute Gasteiger partial charge is 0.197 e. The first kappa shape index (κ1) is 17.4. The maximum atomic E-state index is 12.8. The Balaban J connectivity index is 1.98. The number of quaternary nitrogens is 1. The fourth-order valence-corrected chi connectivity index (χ4v) is 5.68. The van der Waals surface area contributed by atoms with E-state index < -0.39 is 0 Å². The Kier molecular flexibility index (Phi) is 3.85. The number of nitrogens with zero attached hydrogens (tertiary/aromatic N) is 1. The monoisotopic (exact) mass is 358 g/mol. The second-order valence-corrected chi connectivity index (χ2v) is 8.21. The van der Waals surface area contributed by atoms with Crippen molar-refractivity contribution in [2.45, 2.75) is 37.6 Å². The van der Waals surface area contributed by atoms with E-state index in [-0.39, 0.29) is 22.9 Å². The number of piperidine rings is 1. The van der Waals surface area contributed by atoms with Crippen LogP contribution in [0.15, 0.2) is 24.0 Å². The molecule has 2 bridgehead atoms. The van der Waals surface area contributed by atoms with Crippen LogP contribution in [0.25, 0.3) is 0 Å². The zero-order chi connectivity index (χ0) is 18.7. The first-order valence-electron chi connectivity index (χ1n) is 9.42. The summed E-state index contributed by atoms with van der Waals surface area (Å²) in [6, 6.07) is 4.30. The number of ether oxygens (including phenoxy) is 2. The fourth-order valence-electron chi connectivity index (χ4n) is 5.68. The maximum Gasteiger partial charge on any atom is 0.197 e. The molecular weight excluding hydrogens is 330 g/mol. The number of phenolic OH excluding ortho intramolecular Hbond substituents is 1. The highest BCUT2D eigenvalue weighted by atomic mass is 16.5. The number of phenols is 1. The van der Waals surface area contributed by atoms with E-state index in [4.69, 9.17) is 9.47 Å². The third kappa shape index (κ3) is 2.10. The van der Waals surface area contributed by atoms with E-state index in [2.05, 4.69) is 20.0 Å². The molecule has 0 saturated carbocycles. The SMILES string of the molecule is CC[N+]1(C)CC[C@@]23CC(=O)C(OC)=C[C@H]2[C@H]1Cc1ccc(OC)c(O)c13. The normalized spacial score (nSPS) is 35.2. The Morgan fingerprint density at radius 1 is 1.31 bits per heavy atom. The molecule has 1 saturated heterocycles. The van der Waals surface area contributed by atoms with Gasteiger partial charge >= 0.3 is 0 Å². The summed E-state index contributed by atoms with van der Waals surface area (Å²) in [4.78, 5) is 12.8. The second kappa shape index (κ2) is 5.74. The number of hydrogen-bond donors (Lipinski definition) is 1. The number of carbonyl (C=O) groups excluding carboxylic acids is 1. The average Bonchev–Trinajstić information content (AvgIpc) is 2.64. The summed E-state index contributed by atoms with van der Waals surface area (Å²) in [5.41, 5.74) is 1.73. The van der Waals surface area contributed by atoms with Gasteiger partial charge in [0.25, 0.3) is 0 Å². The predicted octanol–water partition coefficient (Wildman–Crippen LogP) is 2.55. The van der Waals surface area contributed by atoms with Crippen LogP contribution in [-0.4, -0.2) is 55.8 Å². The predicted molar refractivity (Wildman–Crippen MR) is 98.2 cm³/mol. The van der Waals surface area contributed by atoms with Crippen LogP contribution in [0.5, 0.6) is 11.5 Å². The molecule has 5 nitrogen and oxygen atoms in total. The van der Waals surface area contributed by atoms with Crippen LogP contribution in [-0.2, 0) is 21.4 Å². The van der Waals surface area contributed by atoms with Crippen molar-refractivity contribution >= 4 is 5.78 Å². The molecule has 26 heavy (non-hydrogen) atoms. The molecule has 1 aliphatic heterocycles. The van der Waals surface area contributed by atoms with Crippen molar-refractivity contribution in [3.63, 3.8) is 0 Å². The van der Waals surface area contributed by atoms with E-state index in [9.17, 15) is 9.90 Å². The molecule has 1 heterocycles. The van der Waals surface area contributed by atoms with Crippen molar-refractivity contribution < 1.29 is 23.9 Å². The summed E-state index contributed by atoms with van der Waals surface area (Å²) in [6.45, 7) is 4.30. The summed E-state index contributed by atoms with van der Waals surface area (Å²) >= 11 is 0. The van der Waals surface area contributed by atoms with Crippen LogP contribution in [0.3, 0.4) is 0 Å². The van der Waals surface area contributed by atoms with Gasteiger partial charge in [0.05, 0.1) is 34.4 Å². The van der Waals surface area contributed by atoms with Crippen LogP contribution >= 0.6 is 0 Å². The van der Waals surface area contributed by atoms with Crippen LogP contribution < -0.4 is 4.74 Å². The standard InChI is InChI=1S/C21H27NO4/c1-5-22(2)9-8-21-12-16(23)18(26-4)11-14(21)15(22)10-13-6-7-17(25-3)20(24)19(13)21/h6-7,11,14-15H,5,8-10,12H2,1-4H3/p+1/t14-,15+,21+,22?/m0/s1. The number of Topliss-reactive ketones (excluding diaryl/α,β-unsaturated/α-hetero) is 1. The van der Waals surface area contributed by atoms with E-state index in [0.717, 1.165) is 41.5 Å². The fraction of sp³-hybridized carbons (Fsp3) is 0.571. The van der Waals surface area contributed by atoms with Gasteiger partial charge in [0.15, 0.2) is 23.0 Å². The molecule has 0 radical (unpaired) electrons. The lowest BCUT2D eigenvalue weighted by atomic mass is 9.53. The van der Waals surface area contributed by atoms with E-state index in [1.54, 1.807) is 14.2 Å². The van der Waals surface area contributed by atoms with Crippen molar-refractivity contribution in [2.75, 3.05) is 34.4 Å². The molecule has 3 aliphatic rings. The van der Waals surface area contributed by atoms with E-state index >= 15 is 0 Å². The quantitative estimate of drug-likeness (QED) is 0.844. The van der Waals surface area contributed by atoms with Gasteiger partial charge in [0.1, 0.15) is 6.04 Å². The van der Waals surface area contributed by atoms with Crippen LogP contribution in [0, 0.1) is 5.92 Å². The molecule has 140 valence electrons. The molecule has 1 aromatic carbocycles. The topological polar surface area (TPSA) is 55.8 Å². The molecule has 1 aromatic rings. The third-order valence-corrected chi connectivity index (χ3v) is 7.32. The Hall–Kier alpha value is -2.01. The van der Waals surface area contributed by atoms with Gasteiger partial charge in [0.2, 0.25) is 0 Å². The largest absolute Gasteiger partial charge is 0.504 e. The van der Waals surface area contributed by atoms with Crippen LogP contribution in [0.1, 0.15) is 30.9 Å². The molecule has 2 aliphatic carbocycles. The third-order valence-electron chi connectivity index (χ3n) is 7.32. The summed E-state index contributed by atoms with van der Waals surface area (Å²) in [5.74, 6) is 1.39. The summed E-state index contributed by atoms with van der Waals surface area (Å²) < 4.78 is 11.8. The molecule has 0 aromatic heterocycles. The van der Waals surface area contributed by atoms with E-state index in [1.807, 2.05) is 12.1 Å². The van der Waals surface area contributed by atoms with E-state index in [1.165, 1.54) is 0 Å². The number of carbonyl (C=O) groups is 1. The van der Waals surface area contributed by atoms with Crippen molar-refractivity contribution in [3.8, 4) is 11.5 Å². The van der Waals surface area contributed by atoms with Gasteiger partial charge in [-0.2, -0.15) is 0 Å². The zero-order valence-corrected chi connectivity index (χ0v) is 16.0. The van der Waals surface area contributed by atoms with Gasteiger partial charge in [-0.25, -0.2) is 0 Å². The van der Waals surface area contributed by atoms with Gasteiger partial charge in [-0.15, -0.1) is 0 Å². The molecule has 1 fully saturated rings. The van der Waals surface area contributed by atoms with Crippen LogP contribution in [0.2, 0.25) is 0 Å². The Bertz CT molecular complexity index is 801. The van der Waals surface area contributed by atoms with Gasteiger partial charge in [-0.05, 0) is 24.6 Å². The Labute approximate surface area is 154 Å². The lowest BCUT2D eigenvalue weighted by Gasteiger charge is -2.59. The number of benzene rings is 1. The van der Waals surface area contributed by atoms with Crippen molar-refractivity contribution in [1.82, 2.24) is 0 Å². The van der Waals surface area contributed by atoms with Gasteiger partial charge in [-0.3, -0.25) is 4.79 Å². The number of likely N-dealkylation sites (tertiary alicyclic amines) is 1. The van der Waals surface area contributed by atoms with Crippen molar-refractivity contribution in [2.24, 2.45) is 5.92 Å². The first-order valence-corrected chi connectivity index (χ1v) is 9.42. The number of ketones is 1. The minimum absolute atomic E-state index is 0.0326.